The van der Waals surface area contributed by atoms with Gasteiger partial charge in [0.2, 0.25) is 0 Å². The van der Waals surface area contributed by atoms with E-state index in [1.807, 2.05) is 12.4 Å². The summed E-state index contributed by atoms with van der Waals surface area (Å²) < 4.78 is 0. The number of thiazole rings is 1. The van der Waals surface area contributed by atoms with Gasteiger partial charge in [0.25, 0.3) is 0 Å². The van der Waals surface area contributed by atoms with E-state index in [1.54, 1.807) is 11.3 Å². The van der Waals surface area contributed by atoms with E-state index in [1.165, 1.54) is 4.88 Å². The van der Waals surface area contributed by atoms with Crippen LogP contribution in [0, 0.1) is 6.92 Å². The molecule has 0 aliphatic carbocycles. The van der Waals surface area contributed by atoms with Gasteiger partial charge in [-0.15, -0.1) is 11.3 Å². The van der Waals surface area contributed by atoms with E-state index in [-0.39, 0.29) is 6.61 Å². The fourth-order valence-electron chi connectivity index (χ4n) is 1.72. The molecule has 15 heavy (non-hydrogen) atoms. The molecule has 1 aromatic heterocycles. The molecule has 0 amide bonds. The number of hydrogen-bond donors (Lipinski definition) is 2. The molecule has 3 nitrogen and oxygen atoms in total. The molecule has 2 unspecified atom stereocenters. The number of nitrogens with zero attached hydrogens (tertiary/aromatic N) is 1. The van der Waals surface area contributed by atoms with Crippen LogP contribution >= 0.6 is 11.3 Å². The molecule has 0 spiro atoms. The van der Waals surface area contributed by atoms with Crippen molar-refractivity contribution in [2.24, 2.45) is 0 Å². The first-order valence-electron chi connectivity index (χ1n) is 5.45. The van der Waals surface area contributed by atoms with Gasteiger partial charge < -0.3 is 10.4 Å². The van der Waals surface area contributed by atoms with Gasteiger partial charge in [-0.1, -0.05) is 6.92 Å². The number of aromatic nitrogens is 1. The molecule has 0 fully saturated rings. The van der Waals surface area contributed by atoms with E-state index in [9.17, 15) is 0 Å². The van der Waals surface area contributed by atoms with Crippen LogP contribution in [0.5, 0.6) is 0 Å². The van der Waals surface area contributed by atoms with E-state index in [2.05, 4.69) is 24.1 Å². The Morgan fingerprint density at radius 1 is 1.60 bits per heavy atom. The highest BCUT2D eigenvalue weighted by Crippen LogP contribution is 2.22. The molecule has 0 aliphatic heterocycles. The topological polar surface area (TPSA) is 45.1 Å². The third kappa shape index (κ3) is 3.55. The summed E-state index contributed by atoms with van der Waals surface area (Å²) in [6.45, 7) is 6.58. The summed E-state index contributed by atoms with van der Waals surface area (Å²) in [7, 11) is 0. The van der Waals surface area contributed by atoms with Crippen molar-refractivity contribution in [2.75, 3.05) is 6.61 Å². The molecule has 86 valence electrons. The molecule has 1 aromatic rings. The average molecular weight is 228 g/mol. The Morgan fingerprint density at radius 3 is 2.80 bits per heavy atom. The van der Waals surface area contributed by atoms with Crippen molar-refractivity contribution >= 4 is 11.3 Å². The van der Waals surface area contributed by atoms with E-state index < -0.39 is 0 Å². The van der Waals surface area contributed by atoms with Gasteiger partial charge in [-0.3, -0.25) is 0 Å². The molecule has 4 heteroatoms. The summed E-state index contributed by atoms with van der Waals surface area (Å²) in [5.74, 6) is 0. The summed E-state index contributed by atoms with van der Waals surface area (Å²) in [6.07, 6.45) is 1.86. The van der Waals surface area contributed by atoms with Gasteiger partial charge in [0.1, 0.15) is 0 Å². The average Bonchev–Trinajstić information content (AvgIpc) is 2.63. The van der Waals surface area contributed by atoms with Crippen molar-refractivity contribution in [1.29, 1.82) is 0 Å². The lowest BCUT2D eigenvalue weighted by atomic mass is 10.1. The molecule has 0 radical (unpaired) electrons. The van der Waals surface area contributed by atoms with E-state index in [0.717, 1.165) is 18.5 Å². The normalized spacial score (nSPS) is 15.2. The largest absolute Gasteiger partial charge is 0.396 e. The minimum Gasteiger partial charge on any atom is -0.396 e. The standard InChI is InChI=1S/C11H20N2OS/c1-4-10(5-6-14)13-9(3)11-8(2)12-7-15-11/h7,9-10,13-14H,4-6H2,1-3H3. The predicted octanol–water partition coefficient (Wildman–Crippen LogP) is 2.26. The monoisotopic (exact) mass is 228 g/mol. The van der Waals surface area contributed by atoms with E-state index in [0.29, 0.717) is 12.1 Å². The fourth-order valence-corrected chi connectivity index (χ4v) is 2.54. The first-order chi connectivity index (χ1) is 7.19. The van der Waals surface area contributed by atoms with Crippen LogP contribution in [0.25, 0.3) is 0 Å². The Labute approximate surface area is 95.6 Å². The summed E-state index contributed by atoms with van der Waals surface area (Å²) in [5.41, 5.74) is 2.99. The smallest absolute Gasteiger partial charge is 0.0798 e. The maximum Gasteiger partial charge on any atom is 0.0798 e. The number of aliphatic hydroxyl groups is 1. The van der Waals surface area contributed by atoms with Gasteiger partial charge >= 0.3 is 0 Å². The first kappa shape index (κ1) is 12.6. The lowest BCUT2D eigenvalue weighted by Crippen LogP contribution is -2.31. The van der Waals surface area contributed by atoms with Gasteiger partial charge in [0.15, 0.2) is 0 Å². The Kier molecular flexibility index (Phi) is 5.22. The van der Waals surface area contributed by atoms with Gasteiger partial charge in [-0.2, -0.15) is 0 Å². The fraction of sp³-hybridized carbons (Fsp3) is 0.727. The number of aliphatic hydroxyl groups excluding tert-OH is 1. The molecular weight excluding hydrogens is 208 g/mol. The lowest BCUT2D eigenvalue weighted by molar-refractivity contribution is 0.257. The molecule has 0 aliphatic rings. The number of aryl methyl sites for hydroxylation is 1. The van der Waals surface area contributed by atoms with Gasteiger partial charge in [-0.05, 0) is 26.7 Å². The Balaban J connectivity index is 2.54. The van der Waals surface area contributed by atoms with Crippen molar-refractivity contribution in [2.45, 2.75) is 45.7 Å². The van der Waals surface area contributed by atoms with Crippen LogP contribution in [0.15, 0.2) is 5.51 Å². The maximum atomic E-state index is 8.92. The van der Waals surface area contributed by atoms with Crippen LogP contribution in [-0.2, 0) is 0 Å². The number of hydrogen-bond acceptors (Lipinski definition) is 4. The van der Waals surface area contributed by atoms with Crippen LogP contribution < -0.4 is 5.32 Å². The van der Waals surface area contributed by atoms with Crippen molar-refractivity contribution in [3.8, 4) is 0 Å². The second kappa shape index (κ2) is 6.20. The van der Waals surface area contributed by atoms with Crippen LogP contribution in [0.1, 0.15) is 43.3 Å². The highest BCUT2D eigenvalue weighted by molar-refractivity contribution is 7.09. The third-order valence-electron chi connectivity index (χ3n) is 2.63. The summed E-state index contributed by atoms with van der Waals surface area (Å²) in [5, 5.41) is 12.4. The molecule has 0 bridgehead atoms. The molecular formula is C11H20N2OS. The van der Waals surface area contributed by atoms with Gasteiger partial charge in [0, 0.05) is 23.6 Å². The highest BCUT2D eigenvalue weighted by Gasteiger charge is 2.14. The van der Waals surface area contributed by atoms with Gasteiger partial charge in [0.05, 0.1) is 11.2 Å². The minimum absolute atomic E-state index is 0.250. The Bertz CT molecular complexity index is 288. The molecule has 0 aromatic carbocycles. The zero-order chi connectivity index (χ0) is 11.3. The molecule has 2 atom stereocenters. The van der Waals surface area contributed by atoms with Crippen molar-refractivity contribution in [3.63, 3.8) is 0 Å². The first-order valence-corrected chi connectivity index (χ1v) is 6.33. The molecule has 0 saturated carbocycles. The van der Waals surface area contributed by atoms with Crippen LogP contribution in [0.2, 0.25) is 0 Å². The van der Waals surface area contributed by atoms with Crippen LogP contribution in [0.4, 0.5) is 0 Å². The summed E-state index contributed by atoms with van der Waals surface area (Å²) in [4.78, 5) is 5.54. The number of rotatable bonds is 6. The minimum atomic E-state index is 0.250. The van der Waals surface area contributed by atoms with Crippen molar-refractivity contribution in [1.82, 2.24) is 10.3 Å². The zero-order valence-corrected chi connectivity index (χ0v) is 10.5. The number of nitrogens with one attached hydrogen (secondary N) is 1. The molecule has 2 N–H and O–H groups in total. The third-order valence-corrected chi connectivity index (χ3v) is 3.75. The Hall–Kier alpha value is -0.450. The molecule has 1 rings (SSSR count). The quantitative estimate of drug-likeness (QED) is 0.785. The van der Waals surface area contributed by atoms with Crippen LogP contribution in [0.3, 0.4) is 0 Å². The summed E-state index contributed by atoms with van der Waals surface area (Å²) >= 11 is 1.69. The Morgan fingerprint density at radius 2 is 2.33 bits per heavy atom. The van der Waals surface area contributed by atoms with Gasteiger partial charge in [-0.25, -0.2) is 4.98 Å². The van der Waals surface area contributed by atoms with E-state index >= 15 is 0 Å². The molecule has 1 heterocycles. The van der Waals surface area contributed by atoms with E-state index in [4.69, 9.17) is 5.11 Å². The maximum absolute atomic E-state index is 8.92. The van der Waals surface area contributed by atoms with Crippen molar-refractivity contribution < 1.29 is 5.11 Å². The second-order valence-electron chi connectivity index (χ2n) is 3.81. The lowest BCUT2D eigenvalue weighted by Gasteiger charge is -2.21. The van der Waals surface area contributed by atoms with Crippen molar-refractivity contribution in [3.05, 3.63) is 16.1 Å². The summed E-state index contributed by atoms with van der Waals surface area (Å²) in [6, 6.07) is 0.723. The highest BCUT2D eigenvalue weighted by atomic mass is 32.1. The van der Waals surface area contributed by atoms with Crippen LogP contribution in [-0.4, -0.2) is 22.7 Å². The zero-order valence-electron chi connectivity index (χ0n) is 9.66. The predicted molar refractivity (Wildman–Crippen MR) is 64.2 cm³/mol. The SMILES string of the molecule is CCC(CCO)NC(C)c1scnc1C. The molecule has 0 saturated heterocycles. The second-order valence-corrected chi connectivity index (χ2v) is 4.69.